The highest BCUT2D eigenvalue weighted by atomic mass is 14.7. The van der Waals surface area contributed by atoms with Crippen LogP contribution < -0.4 is 5.73 Å². The van der Waals surface area contributed by atoms with Crippen LogP contribution in [0.25, 0.3) is 0 Å². The van der Waals surface area contributed by atoms with Crippen molar-refractivity contribution >= 4 is 0 Å². The minimum Gasteiger partial charge on any atom is -0.328 e. The first kappa shape index (κ1) is 13.0. The largest absolute Gasteiger partial charge is 0.328 e. The van der Waals surface area contributed by atoms with Crippen molar-refractivity contribution in [2.45, 2.75) is 71.8 Å². The van der Waals surface area contributed by atoms with Crippen LogP contribution in [0.3, 0.4) is 0 Å². The van der Waals surface area contributed by atoms with Gasteiger partial charge in [-0.1, -0.05) is 27.2 Å². The van der Waals surface area contributed by atoms with Gasteiger partial charge in [0.05, 0.1) is 0 Å². The zero-order valence-corrected chi connectivity index (χ0v) is 12.5. The highest BCUT2D eigenvalue weighted by molar-refractivity contribution is 5.15. The van der Waals surface area contributed by atoms with Crippen LogP contribution in [0.4, 0.5) is 0 Å². The van der Waals surface area contributed by atoms with Crippen molar-refractivity contribution in [3.8, 4) is 0 Å². The fourth-order valence-corrected chi connectivity index (χ4v) is 5.59. The Kier molecular flexibility index (Phi) is 3.25. The highest BCUT2D eigenvalue weighted by Crippen LogP contribution is 2.73. The van der Waals surface area contributed by atoms with Gasteiger partial charge in [0.25, 0.3) is 0 Å². The van der Waals surface area contributed by atoms with Crippen LogP contribution in [0, 0.1) is 35.0 Å². The van der Waals surface area contributed by atoms with Gasteiger partial charge in [-0.2, -0.15) is 0 Å². The molecule has 18 heavy (non-hydrogen) atoms. The maximum absolute atomic E-state index is 6.30. The summed E-state index contributed by atoms with van der Waals surface area (Å²) >= 11 is 0. The zero-order chi connectivity index (χ0) is 12.9. The summed E-state index contributed by atoms with van der Waals surface area (Å²) in [5.74, 6) is 5.06. The smallest absolute Gasteiger partial charge is 0.00391 e. The summed E-state index contributed by atoms with van der Waals surface area (Å²) in [4.78, 5) is 0. The average Bonchev–Trinajstić information content (AvgIpc) is 3.23. The second kappa shape index (κ2) is 4.51. The monoisotopic (exact) mass is 249 g/mol. The Balaban J connectivity index is 1.81. The van der Waals surface area contributed by atoms with E-state index in [0.29, 0.717) is 6.04 Å². The lowest BCUT2D eigenvalue weighted by atomic mass is 9.77. The number of hydrogen-bond acceptors (Lipinski definition) is 1. The fraction of sp³-hybridized carbons (Fsp3) is 1.00. The Morgan fingerprint density at radius 3 is 2.33 bits per heavy atom. The van der Waals surface area contributed by atoms with E-state index in [4.69, 9.17) is 5.73 Å². The summed E-state index contributed by atoms with van der Waals surface area (Å²) < 4.78 is 0. The van der Waals surface area contributed by atoms with Crippen molar-refractivity contribution in [1.29, 1.82) is 0 Å². The molecule has 0 aromatic heterocycles. The zero-order valence-electron chi connectivity index (χ0n) is 12.5. The van der Waals surface area contributed by atoms with Crippen LogP contribution >= 0.6 is 0 Å². The molecule has 5 unspecified atom stereocenters. The van der Waals surface area contributed by atoms with E-state index in [1.54, 1.807) is 0 Å². The van der Waals surface area contributed by atoms with Gasteiger partial charge in [0.1, 0.15) is 0 Å². The van der Waals surface area contributed by atoms with Crippen LogP contribution in [0.15, 0.2) is 0 Å². The molecule has 104 valence electrons. The molecule has 1 spiro atoms. The Hall–Kier alpha value is -0.0400. The minimum absolute atomic E-state index is 0.451. The average molecular weight is 249 g/mol. The summed E-state index contributed by atoms with van der Waals surface area (Å²) in [5.41, 5.74) is 7.06. The van der Waals surface area contributed by atoms with Crippen LogP contribution in [0.1, 0.15) is 65.7 Å². The van der Waals surface area contributed by atoms with Crippen LogP contribution in [0.2, 0.25) is 0 Å². The molecule has 3 aliphatic carbocycles. The normalized spacial score (nSPS) is 43.3. The number of nitrogens with two attached hydrogens (primary N) is 1. The molecule has 1 heteroatoms. The Bertz CT molecular complexity index is 303. The molecule has 0 bridgehead atoms. The molecule has 3 aliphatic rings. The lowest BCUT2D eigenvalue weighted by molar-refractivity contribution is 0.211. The third-order valence-electron chi connectivity index (χ3n) is 6.67. The summed E-state index contributed by atoms with van der Waals surface area (Å²) in [6.07, 6.45) is 9.95. The quantitative estimate of drug-likeness (QED) is 0.776. The van der Waals surface area contributed by atoms with Gasteiger partial charge in [0, 0.05) is 6.04 Å². The molecule has 0 heterocycles. The molecular weight excluding hydrogens is 218 g/mol. The first-order valence-corrected chi connectivity index (χ1v) is 8.39. The lowest BCUT2D eigenvalue weighted by Gasteiger charge is -2.28. The molecule has 0 aromatic rings. The molecule has 0 saturated heterocycles. The van der Waals surface area contributed by atoms with E-state index < -0.39 is 0 Å². The molecule has 0 aromatic carbocycles. The Morgan fingerprint density at radius 2 is 1.89 bits per heavy atom. The van der Waals surface area contributed by atoms with Crippen molar-refractivity contribution in [3.63, 3.8) is 0 Å². The Labute approximate surface area is 113 Å². The van der Waals surface area contributed by atoms with Gasteiger partial charge in [-0.15, -0.1) is 0 Å². The summed E-state index contributed by atoms with van der Waals surface area (Å²) in [5, 5.41) is 0. The SMILES string of the molecule is CCC(N)CC1C(CC)C(C)C(C2CC2)C12CC2. The van der Waals surface area contributed by atoms with Crippen LogP contribution in [-0.4, -0.2) is 6.04 Å². The van der Waals surface area contributed by atoms with Gasteiger partial charge < -0.3 is 5.73 Å². The van der Waals surface area contributed by atoms with E-state index in [2.05, 4.69) is 20.8 Å². The third kappa shape index (κ3) is 1.85. The first-order chi connectivity index (χ1) is 8.64. The van der Waals surface area contributed by atoms with Crippen molar-refractivity contribution in [2.75, 3.05) is 0 Å². The summed E-state index contributed by atoms with van der Waals surface area (Å²) in [6.45, 7) is 7.23. The van der Waals surface area contributed by atoms with E-state index in [-0.39, 0.29) is 0 Å². The van der Waals surface area contributed by atoms with E-state index in [1.807, 2.05) is 0 Å². The van der Waals surface area contributed by atoms with Crippen LogP contribution in [-0.2, 0) is 0 Å². The Morgan fingerprint density at radius 1 is 1.22 bits per heavy atom. The van der Waals surface area contributed by atoms with Crippen molar-refractivity contribution < 1.29 is 0 Å². The molecule has 2 N–H and O–H groups in total. The minimum atomic E-state index is 0.451. The lowest BCUT2D eigenvalue weighted by Crippen LogP contribution is -2.29. The number of rotatable bonds is 5. The molecule has 3 fully saturated rings. The molecule has 0 amide bonds. The van der Waals surface area contributed by atoms with E-state index in [9.17, 15) is 0 Å². The van der Waals surface area contributed by atoms with E-state index in [0.717, 1.165) is 41.4 Å². The van der Waals surface area contributed by atoms with Crippen LogP contribution in [0.5, 0.6) is 0 Å². The molecule has 0 radical (unpaired) electrons. The molecular formula is C17H31N. The van der Waals surface area contributed by atoms with E-state index >= 15 is 0 Å². The van der Waals surface area contributed by atoms with Crippen molar-refractivity contribution in [3.05, 3.63) is 0 Å². The molecule has 5 atom stereocenters. The standard InChI is InChI=1S/C17H31N/c1-4-13(18)10-15-14(5-2)11(3)16(12-6-7-12)17(15)8-9-17/h11-16H,4-10,18H2,1-3H3. The van der Waals surface area contributed by atoms with Crippen molar-refractivity contribution in [1.82, 2.24) is 0 Å². The predicted octanol–water partition coefficient (Wildman–Crippen LogP) is 4.21. The summed E-state index contributed by atoms with van der Waals surface area (Å²) in [7, 11) is 0. The predicted molar refractivity (Wildman–Crippen MR) is 77.2 cm³/mol. The maximum Gasteiger partial charge on any atom is 0.00391 e. The molecule has 3 rings (SSSR count). The number of hydrogen-bond donors (Lipinski definition) is 1. The van der Waals surface area contributed by atoms with Crippen molar-refractivity contribution in [2.24, 2.45) is 40.7 Å². The van der Waals surface area contributed by atoms with Gasteiger partial charge in [-0.3, -0.25) is 0 Å². The van der Waals surface area contributed by atoms with Gasteiger partial charge in [-0.05, 0) is 73.5 Å². The fourth-order valence-electron chi connectivity index (χ4n) is 5.59. The second-order valence-electron chi connectivity index (χ2n) is 7.54. The van der Waals surface area contributed by atoms with Gasteiger partial charge >= 0.3 is 0 Å². The van der Waals surface area contributed by atoms with E-state index in [1.165, 1.54) is 38.5 Å². The maximum atomic E-state index is 6.30. The van der Waals surface area contributed by atoms with Gasteiger partial charge in [0.15, 0.2) is 0 Å². The highest BCUT2D eigenvalue weighted by Gasteiger charge is 2.66. The van der Waals surface area contributed by atoms with Gasteiger partial charge in [-0.25, -0.2) is 0 Å². The first-order valence-electron chi connectivity index (χ1n) is 8.39. The third-order valence-corrected chi connectivity index (χ3v) is 6.67. The topological polar surface area (TPSA) is 26.0 Å². The second-order valence-corrected chi connectivity index (χ2v) is 7.54. The van der Waals surface area contributed by atoms with Gasteiger partial charge in [0.2, 0.25) is 0 Å². The molecule has 0 aliphatic heterocycles. The molecule has 1 nitrogen and oxygen atoms in total. The molecule has 3 saturated carbocycles. The summed E-state index contributed by atoms with van der Waals surface area (Å²) in [6, 6.07) is 0.451.